The van der Waals surface area contributed by atoms with Crippen molar-refractivity contribution in [3.63, 3.8) is 0 Å². The van der Waals surface area contributed by atoms with Crippen molar-refractivity contribution in [2.45, 2.75) is 52.7 Å². The zero-order chi connectivity index (χ0) is 24.1. The summed E-state index contributed by atoms with van der Waals surface area (Å²) in [4.78, 5) is 17.6. The average molecular weight is 491 g/mol. The Balaban J connectivity index is 1.80. The zero-order valence-electron chi connectivity index (χ0n) is 19.7. The Morgan fingerprint density at radius 2 is 1.82 bits per heavy atom. The van der Waals surface area contributed by atoms with Crippen molar-refractivity contribution >= 4 is 30.0 Å². The second-order valence-corrected chi connectivity index (χ2v) is 11.4. The molecule has 2 aromatic heterocycles. The Labute approximate surface area is 198 Å². The zero-order valence-corrected chi connectivity index (χ0v) is 21.4. The highest BCUT2D eigenvalue weighted by Gasteiger charge is 2.27. The van der Waals surface area contributed by atoms with Crippen LogP contribution in [0.4, 0.5) is 5.13 Å². The van der Waals surface area contributed by atoms with E-state index in [1.165, 1.54) is 11.3 Å². The average Bonchev–Trinajstić information content (AvgIpc) is 3.35. The molecule has 1 N–H and O–H groups in total. The van der Waals surface area contributed by atoms with Crippen LogP contribution >= 0.6 is 18.9 Å². The molecule has 1 aromatic carbocycles. The van der Waals surface area contributed by atoms with Crippen LogP contribution in [0, 0.1) is 0 Å². The van der Waals surface area contributed by atoms with Crippen LogP contribution in [-0.2, 0) is 31.7 Å². The molecule has 0 fully saturated rings. The summed E-state index contributed by atoms with van der Waals surface area (Å²) < 4.78 is 25.2. The summed E-state index contributed by atoms with van der Waals surface area (Å²) in [5.74, 6) is -0.298. The largest absolute Gasteiger partial charge is 0.336 e. The maximum atomic E-state index is 13.2. The van der Waals surface area contributed by atoms with Crippen molar-refractivity contribution in [1.82, 2.24) is 14.8 Å². The summed E-state index contributed by atoms with van der Waals surface area (Å²) in [5.41, 5.74) is 2.68. The van der Waals surface area contributed by atoms with Gasteiger partial charge in [-0.2, -0.15) is 5.10 Å². The van der Waals surface area contributed by atoms with E-state index in [4.69, 9.17) is 14.1 Å². The van der Waals surface area contributed by atoms with Crippen LogP contribution in [0.15, 0.2) is 41.8 Å². The molecule has 0 atom stereocenters. The lowest BCUT2D eigenvalue weighted by atomic mass is 9.92. The van der Waals surface area contributed by atoms with Gasteiger partial charge < -0.3 is 9.05 Å². The number of hydrogen-bond donors (Lipinski definition) is 1. The van der Waals surface area contributed by atoms with E-state index >= 15 is 0 Å². The molecule has 3 rings (SSSR count). The fourth-order valence-corrected chi connectivity index (χ4v) is 5.59. The smallest absolute Gasteiger partial charge is 0.309 e. The number of benzene rings is 1. The van der Waals surface area contributed by atoms with Crippen molar-refractivity contribution in [3.05, 3.63) is 64.4 Å². The molecule has 0 bridgehead atoms. The van der Waals surface area contributed by atoms with Gasteiger partial charge in [-0.25, -0.2) is 4.98 Å². The molecular weight excluding hydrogens is 459 g/mol. The Hall–Kier alpha value is -2.32. The third-order valence-corrected chi connectivity index (χ3v) is 7.56. The topological polar surface area (TPSA) is 95.3 Å². The first kappa shape index (κ1) is 25.3. The number of nitrogens with zero attached hydrogens (tertiary/aromatic N) is 3. The van der Waals surface area contributed by atoms with E-state index in [9.17, 15) is 9.36 Å². The minimum atomic E-state index is -3.26. The lowest BCUT2D eigenvalue weighted by Gasteiger charge is -2.15. The predicted molar refractivity (Wildman–Crippen MR) is 131 cm³/mol. The minimum absolute atomic E-state index is 0.0567. The quantitative estimate of drug-likeness (QED) is 0.366. The van der Waals surface area contributed by atoms with Gasteiger partial charge in [0, 0.05) is 10.8 Å². The van der Waals surface area contributed by atoms with Gasteiger partial charge in [0.05, 0.1) is 37.3 Å². The maximum Gasteiger partial charge on any atom is 0.336 e. The number of amides is 1. The summed E-state index contributed by atoms with van der Waals surface area (Å²) in [6.07, 6.45) is 0.0567. The highest BCUT2D eigenvalue weighted by molar-refractivity contribution is 7.53. The number of aromatic nitrogens is 3. The van der Waals surface area contributed by atoms with E-state index < -0.39 is 7.60 Å². The van der Waals surface area contributed by atoms with E-state index in [0.717, 1.165) is 11.3 Å². The van der Waals surface area contributed by atoms with Gasteiger partial charge in [-0.15, -0.1) is 11.3 Å². The Bertz CT molecular complexity index is 1110. The minimum Gasteiger partial charge on any atom is -0.309 e. The lowest BCUT2D eigenvalue weighted by Crippen LogP contribution is -2.18. The van der Waals surface area contributed by atoms with Gasteiger partial charge in [0.15, 0.2) is 5.13 Å². The van der Waals surface area contributed by atoms with E-state index in [1.807, 2.05) is 36.4 Å². The maximum absolute atomic E-state index is 13.2. The number of nitrogens with one attached hydrogen (secondary N) is 1. The van der Waals surface area contributed by atoms with Gasteiger partial charge in [-0.05, 0) is 25.5 Å². The van der Waals surface area contributed by atoms with Crippen LogP contribution in [-0.4, -0.2) is 33.9 Å². The number of carbonyl (C=O) groups is 1. The van der Waals surface area contributed by atoms with Crippen LogP contribution in [0.5, 0.6) is 0 Å². The van der Waals surface area contributed by atoms with E-state index in [1.54, 1.807) is 23.9 Å². The molecule has 8 nitrogen and oxygen atoms in total. The standard InChI is InChI=1S/C23H31N4O4PS/c1-6-30-32(29,31-7-2)15-18-16-33-22(24-18)25-21(28)19-13-20(23(3,4)5)26-27(19)14-17-11-9-8-10-12-17/h8-13,16H,6-7,14-15H2,1-5H3,(H,24,25,28). The summed E-state index contributed by atoms with van der Waals surface area (Å²) in [6.45, 7) is 10.8. The molecule has 0 spiro atoms. The fourth-order valence-electron chi connectivity index (χ4n) is 3.16. The SMILES string of the molecule is CCOP(=O)(Cc1csc(NC(=O)c2cc(C(C)(C)C)nn2Cc2ccccc2)n1)OCC. The van der Waals surface area contributed by atoms with Crippen molar-refractivity contribution in [2.24, 2.45) is 0 Å². The molecular formula is C23H31N4O4PS. The number of rotatable bonds is 10. The summed E-state index contributed by atoms with van der Waals surface area (Å²) in [6, 6.07) is 11.7. The third-order valence-electron chi connectivity index (χ3n) is 4.74. The number of carbonyl (C=O) groups excluding carboxylic acids is 1. The van der Waals surface area contributed by atoms with Crippen LogP contribution < -0.4 is 5.32 Å². The molecule has 2 heterocycles. The molecule has 33 heavy (non-hydrogen) atoms. The molecule has 0 saturated heterocycles. The van der Waals surface area contributed by atoms with Crippen LogP contribution in [0.25, 0.3) is 0 Å². The predicted octanol–water partition coefficient (Wildman–Crippen LogP) is 5.70. The Morgan fingerprint density at radius 3 is 2.42 bits per heavy atom. The molecule has 0 aliphatic heterocycles. The van der Waals surface area contributed by atoms with E-state index in [-0.39, 0.29) is 30.7 Å². The first-order valence-electron chi connectivity index (χ1n) is 10.9. The molecule has 0 aliphatic rings. The molecule has 10 heteroatoms. The summed E-state index contributed by atoms with van der Waals surface area (Å²) in [7, 11) is -3.26. The molecule has 0 unspecified atom stereocenters. The Morgan fingerprint density at radius 1 is 1.15 bits per heavy atom. The fraction of sp³-hybridized carbons (Fsp3) is 0.435. The lowest BCUT2D eigenvalue weighted by molar-refractivity contribution is 0.101. The number of anilines is 1. The van der Waals surface area contributed by atoms with Crippen LogP contribution in [0.1, 0.15) is 62.1 Å². The van der Waals surface area contributed by atoms with Crippen molar-refractivity contribution < 1.29 is 18.4 Å². The van der Waals surface area contributed by atoms with Gasteiger partial charge in [-0.1, -0.05) is 51.1 Å². The third kappa shape index (κ3) is 6.84. The summed E-state index contributed by atoms with van der Waals surface area (Å²) >= 11 is 1.27. The molecule has 1 amide bonds. The molecule has 178 valence electrons. The second-order valence-electron chi connectivity index (χ2n) is 8.51. The molecule has 3 aromatic rings. The first-order valence-corrected chi connectivity index (χ1v) is 13.5. The normalized spacial score (nSPS) is 12.2. The van der Waals surface area contributed by atoms with Gasteiger partial charge in [-0.3, -0.25) is 19.4 Å². The van der Waals surface area contributed by atoms with Crippen molar-refractivity contribution in [1.29, 1.82) is 0 Å². The van der Waals surface area contributed by atoms with Crippen LogP contribution in [0.2, 0.25) is 0 Å². The van der Waals surface area contributed by atoms with Gasteiger partial charge >= 0.3 is 7.60 Å². The van der Waals surface area contributed by atoms with Gasteiger partial charge in [0.25, 0.3) is 5.91 Å². The van der Waals surface area contributed by atoms with E-state index in [0.29, 0.717) is 23.1 Å². The van der Waals surface area contributed by atoms with Crippen molar-refractivity contribution in [3.8, 4) is 0 Å². The molecule has 0 radical (unpaired) electrons. The Kier molecular flexibility index (Phi) is 8.23. The van der Waals surface area contributed by atoms with Crippen molar-refractivity contribution in [2.75, 3.05) is 18.5 Å². The monoisotopic (exact) mass is 490 g/mol. The first-order chi connectivity index (χ1) is 15.6. The van der Waals surface area contributed by atoms with E-state index in [2.05, 4.69) is 31.1 Å². The van der Waals surface area contributed by atoms with Gasteiger partial charge in [0.2, 0.25) is 0 Å². The highest BCUT2D eigenvalue weighted by Crippen LogP contribution is 2.51. The van der Waals surface area contributed by atoms with Gasteiger partial charge in [0.1, 0.15) is 5.69 Å². The summed E-state index contributed by atoms with van der Waals surface area (Å²) in [5, 5.41) is 9.73. The highest BCUT2D eigenvalue weighted by atomic mass is 32.1. The molecule has 0 aliphatic carbocycles. The van der Waals surface area contributed by atoms with Crippen LogP contribution in [0.3, 0.4) is 0 Å². The molecule has 0 saturated carbocycles. The second kappa shape index (κ2) is 10.7. The number of hydrogen-bond acceptors (Lipinski definition) is 7. The number of thiazole rings is 1.